The summed E-state index contributed by atoms with van der Waals surface area (Å²) in [5.74, 6) is 2.04. The molecular weight excluding hydrogens is 298 g/mol. The van der Waals surface area contributed by atoms with Gasteiger partial charge in [0.15, 0.2) is 0 Å². The summed E-state index contributed by atoms with van der Waals surface area (Å²) < 4.78 is 0. The fraction of sp³-hybridized carbons (Fsp3) is 0.950. The molecule has 1 amide bonds. The lowest BCUT2D eigenvalue weighted by Gasteiger charge is -2.68. The molecule has 0 aliphatic heterocycles. The first kappa shape index (κ1) is 18.2. The Hall–Kier alpha value is -0.610. The third-order valence-electron chi connectivity index (χ3n) is 7.11. The van der Waals surface area contributed by atoms with Gasteiger partial charge in [0.2, 0.25) is 5.91 Å². The smallest absolute Gasteiger partial charge is 0.217 e. The van der Waals surface area contributed by atoms with Gasteiger partial charge in [0.1, 0.15) is 0 Å². The van der Waals surface area contributed by atoms with Crippen LogP contribution in [0.25, 0.3) is 0 Å². The van der Waals surface area contributed by atoms with E-state index >= 15 is 0 Å². The van der Waals surface area contributed by atoms with Gasteiger partial charge in [-0.25, -0.2) is 0 Å². The van der Waals surface area contributed by atoms with Crippen molar-refractivity contribution >= 4 is 5.91 Å². The van der Waals surface area contributed by atoms with Crippen LogP contribution in [0.5, 0.6) is 0 Å². The van der Waals surface area contributed by atoms with E-state index in [0.717, 1.165) is 19.0 Å². The summed E-state index contributed by atoms with van der Waals surface area (Å²) in [5.41, 5.74) is 12.7. The third-order valence-corrected chi connectivity index (χ3v) is 7.11. The lowest BCUT2D eigenvalue weighted by Crippen LogP contribution is -2.66. The van der Waals surface area contributed by atoms with Gasteiger partial charge in [-0.05, 0) is 93.0 Å². The average Bonchev–Trinajstić information content (AvgIpc) is 2.42. The van der Waals surface area contributed by atoms with Gasteiger partial charge in [-0.15, -0.1) is 0 Å². The maximum atomic E-state index is 11.9. The number of rotatable bonds is 7. The topological polar surface area (TPSA) is 81.1 Å². The first-order chi connectivity index (χ1) is 11.2. The van der Waals surface area contributed by atoms with Crippen molar-refractivity contribution in [1.82, 2.24) is 5.32 Å². The molecule has 4 fully saturated rings. The molecule has 0 heterocycles. The minimum atomic E-state index is 0.0356. The molecule has 4 unspecified atom stereocenters. The molecule has 24 heavy (non-hydrogen) atoms. The summed E-state index contributed by atoms with van der Waals surface area (Å²) in [6.45, 7) is 7.80. The Morgan fingerprint density at radius 3 is 1.92 bits per heavy atom. The van der Waals surface area contributed by atoms with Crippen molar-refractivity contribution in [2.45, 2.75) is 77.7 Å². The molecular formula is C20H37N3O. The predicted molar refractivity (Wildman–Crippen MR) is 98.3 cm³/mol. The van der Waals surface area contributed by atoms with Crippen molar-refractivity contribution in [1.29, 1.82) is 0 Å². The third kappa shape index (κ3) is 3.37. The molecule has 0 aromatic carbocycles. The second kappa shape index (κ2) is 6.28. The highest BCUT2D eigenvalue weighted by molar-refractivity contribution is 5.74. The number of carbonyl (C=O) groups is 1. The van der Waals surface area contributed by atoms with Gasteiger partial charge in [-0.2, -0.15) is 0 Å². The first-order valence-corrected chi connectivity index (χ1v) is 9.92. The van der Waals surface area contributed by atoms with Gasteiger partial charge in [0, 0.05) is 12.5 Å². The lowest BCUT2D eigenvalue weighted by molar-refractivity contribution is -0.154. The molecule has 138 valence electrons. The maximum absolute atomic E-state index is 11.9. The normalized spacial score (nSPS) is 42.8. The number of hydrogen-bond donors (Lipinski definition) is 3. The summed E-state index contributed by atoms with van der Waals surface area (Å²) in [7, 11) is 0. The van der Waals surface area contributed by atoms with Crippen LogP contribution in [-0.2, 0) is 4.79 Å². The van der Waals surface area contributed by atoms with Crippen molar-refractivity contribution < 1.29 is 4.79 Å². The Morgan fingerprint density at radius 2 is 1.50 bits per heavy atom. The Morgan fingerprint density at radius 1 is 1.00 bits per heavy atom. The molecule has 5 N–H and O–H groups in total. The van der Waals surface area contributed by atoms with E-state index in [1.807, 2.05) is 0 Å². The number of carbonyl (C=O) groups excluding carboxylic acids is 1. The van der Waals surface area contributed by atoms with E-state index in [4.69, 9.17) is 11.5 Å². The zero-order valence-corrected chi connectivity index (χ0v) is 15.9. The maximum Gasteiger partial charge on any atom is 0.217 e. The lowest BCUT2D eigenvalue weighted by atomic mass is 9.39. The van der Waals surface area contributed by atoms with Gasteiger partial charge < -0.3 is 16.8 Å². The van der Waals surface area contributed by atoms with Crippen LogP contribution in [0.3, 0.4) is 0 Å². The SMILES string of the molecule is CC(=O)NC12CC3CC(CC(C)CN)(CC(CC(C)CN)(C3)C1)C2. The van der Waals surface area contributed by atoms with E-state index in [9.17, 15) is 4.79 Å². The second-order valence-electron chi connectivity index (χ2n) is 10.1. The van der Waals surface area contributed by atoms with Crippen molar-refractivity contribution in [3.05, 3.63) is 0 Å². The molecule has 0 aromatic heterocycles. The number of nitrogens with one attached hydrogen (secondary N) is 1. The molecule has 0 spiro atoms. The summed E-state index contributed by atoms with van der Waals surface area (Å²) in [4.78, 5) is 11.9. The second-order valence-corrected chi connectivity index (χ2v) is 10.1. The fourth-order valence-electron chi connectivity index (χ4n) is 7.46. The van der Waals surface area contributed by atoms with Crippen LogP contribution >= 0.6 is 0 Å². The molecule has 0 aromatic rings. The van der Waals surface area contributed by atoms with Gasteiger partial charge in [0.05, 0.1) is 0 Å². The fourth-order valence-corrected chi connectivity index (χ4v) is 7.46. The molecule has 4 atom stereocenters. The summed E-state index contributed by atoms with van der Waals surface area (Å²) >= 11 is 0. The van der Waals surface area contributed by atoms with Crippen LogP contribution in [0, 0.1) is 28.6 Å². The molecule has 4 aliphatic rings. The zero-order chi connectivity index (χ0) is 17.6. The van der Waals surface area contributed by atoms with Crippen LogP contribution in [0.15, 0.2) is 0 Å². The molecule has 0 radical (unpaired) electrons. The van der Waals surface area contributed by atoms with Gasteiger partial charge in [-0.3, -0.25) is 4.79 Å². The average molecular weight is 336 g/mol. The molecule has 4 nitrogen and oxygen atoms in total. The quantitative estimate of drug-likeness (QED) is 0.669. The standard InChI is InChI=1S/C20H37N3O/c1-14(9-21)4-18-6-17-7-19(11-18,5-15(2)10-22)13-20(8-17,12-18)23-16(3)24/h14-15,17H,4-13,21-22H2,1-3H3,(H,23,24). The molecule has 4 bridgehead atoms. The van der Waals surface area contributed by atoms with E-state index < -0.39 is 0 Å². The molecule has 4 saturated carbocycles. The van der Waals surface area contributed by atoms with Crippen molar-refractivity contribution in [2.75, 3.05) is 13.1 Å². The van der Waals surface area contributed by atoms with E-state index in [-0.39, 0.29) is 11.4 Å². The largest absolute Gasteiger partial charge is 0.351 e. The van der Waals surface area contributed by atoms with E-state index in [0.29, 0.717) is 22.7 Å². The van der Waals surface area contributed by atoms with E-state index in [1.165, 1.54) is 51.4 Å². The summed E-state index contributed by atoms with van der Waals surface area (Å²) in [6, 6.07) is 0. The van der Waals surface area contributed by atoms with Gasteiger partial charge in [-0.1, -0.05) is 13.8 Å². The number of amides is 1. The van der Waals surface area contributed by atoms with Gasteiger partial charge in [0.25, 0.3) is 0 Å². The van der Waals surface area contributed by atoms with Crippen LogP contribution in [0.2, 0.25) is 0 Å². The molecule has 4 heteroatoms. The number of nitrogens with two attached hydrogens (primary N) is 2. The zero-order valence-electron chi connectivity index (χ0n) is 15.9. The van der Waals surface area contributed by atoms with Crippen molar-refractivity contribution in [2.24, 2.45) is 40.1 Å². The summed E-state index contributed by atoms with van der Waals surface area (Å²) in [6.07, 6.45) is 9.98. The van der Waals surface area contributed by atoms with Gasteiger partial charge >= 0.3 is 0 Å². The molecule has 4 aliphatic carbocycles. The highest BCUT2D eigenvalue weighted by atomic mass is 16.1. The number of hydrogen-bond acceptors (Lipinski definition) is 3. The van der Waals surface area contributed by atoms with Crippen LogP contribution < -0.4 is 16.8 Å². The summed E-state index contributed by atoms with van der Waals surface area (Å²) in [5, 5.41) is 3.42. The van der Waals surface area contributed by atoms with Crippen LogP contribution in [-0.4, -0.2) is 24.5 Å². The Labute approximate surface area is 147 Å². The minimum Gasteiger partial charge on any atom is -0.351 e. The Bertz CT molecular complexity index is 463. The van der Waals surface area contributed by atoms with E-state index in [2.05, 4.69) is 19.2 Å². The highest BCUT2D eigenvalue weighted by Crippen LogP contribution is 2.69. The monoisotopic (exact) mass is 335 g/mol. The van der Waals surface area contributed by atoms with Crippen molar-refractivity contribution in [3.63, 3.8) is 0 Å². The first-order valence-electron chi connectivity index (χ1n) is 9.92. The van der Waals surface area contributed by atoms with E-state index in [1.54, 1.807) is 6.92 Å². The predicted octanol–water partition coefficient (Wildman–Crippen LogP) is 2.80. The van der Waals surface area contributed by atoms with Crippen LogP contribution in [0.1, 0.15) is 72.1 Å². The molecule has 0 saturated heterocycles. The minimum absolute atomic E-state index is 0.0356. The highest BCUT2D eigenvalue weighted by Gasteiger charge is 2.63. The van der Waals surface area contributed by atoms with Crippen LogP contribution in [0.4, 0.5) is 0 Å². The Balaban J connectivity index is 1.91. The Kier molecular flexibility index (Phi) is 4.76. The van der Waals surface area contributed by atoms with Crippen molar-refractivity contribution in [3.8, 4) is 0 Å². The molecule has 4 rings (SSSR count).